The van der Waals surface area contributed by atoms with Gasteiger partial charge in [0.15, 0.2) is 24.8 Å². The quantitative estimate of drug-likeness (QED) is 0.0864. The average molecular weight is 683 g/mol. The number of nitrogens with zero attached hydrogens (tertiary/aromatic N) is 5. The molecule has 1 radical (unpaired) electrons. The summed E-state index contributed by atoms with van der Waals surface area (Å²) in [5.41, 5.74) is 8.88. The first-order valence-electron chi connectivity index (χ1n) is 16.7. The van der Waals surface area contributed by atoms with Gasteiger partial charge in [0.1, 0.15) is 5.01 Å². The Labute approximate surface area is 306 Å². The van der Waals surface area contributed by atoms with Crippen molar-refractivity contribution in [3.63, 3.8) is 0 Å². The molecule has 0 unspecified atom stereocenters. The van der Waals surface area contributed by atoms with Crippen LogP contribution in [-0.2, 0) is 0 Å². The van der Waals surface area contributed by atoms with E-state index in [0.29, 0.717) is 17.5 Å². The van der Waals surface area contributed by atoms with Crippen LogP contribution in [0.1, 0.15) is 48.7 Å². The highest BCUT2D eigenvalue weighted by Crippen LogP contribution is 2.33. The van der Waals surface area contributed by atoms with E-state index in [9.17, 15) is 0 Å². The Morgan fingerprint density at radius 1 is 0.804 bits per heavy atom. The molecule has 0 saturated heterocycles. The molecule has 3 heterocycles. The third-order valence-electron chi connectivity index (χ3n) is 8.11. The summed E-state index contributed by atoms with van der Waals surface area (Å²) in [6.45, 7) is 23.8. The maximum Gasteiger partial charge on any atom is 0.172 e. The van der Waals surface area contributed by atoms with Crippen molar-refractivity contribution in [2.24, 2.45) is 0 Å². The minimum atomic E-state index is 0.591. The van der Waals surface area contributed by atoms with E-state index < -0.39 is 0 Å². The molecule has 0 atom stereocenters. The molecule has 3 aromatic heterocycles. The van der Waals surface area contributed by atoms with Crippen LogP contribution in [0.15, 0.2) is 142 Å². The average Bonchev–Trinajstić information content (AvgIpc) is 3.72. The topological polar surface area (TPSA) is 56.5 Å². The lowest BCUT2D eigenvalue weighted by atomic mass is 9.76. The largest absolute Gasteiger partial charge is 0.323 e. The summed E-state index contributed by atoms with van der Waals surface area (Å²) in [7, 11) is 2.12. The summed E-state index contributed by atoms with van der Waals surface area (Å²) in [5, 5.41) is 2.03. The number of aromatic nitrogens is 5. The van der Waals surface area contributed by atoms with Crippen molar-refractivity contribution in [3.05, 3.63) is 170 Å². The highest BCUT2D eigenvalue weighted by atomic mass is 32.1. The van der Waals surface area contributed by atoms with Crippen molar-refractivity contribution in [2.45, 2.75) is 27.6 Å². The van der Waals surface area contributed by atoms with E-state index in [1.807, 2.05) is 81.5 Å². The van der Waals surface area contributed by atoms with E-state index in [0.717, 1.165) is 65.3 Å². The van der Waals surface area contributed by atoms with Gasteiger partial charge in [0.05, 0.1) is 21.4 Å². The van der Waals surface area contributed by atoms with Gasteiger partial charge in [-0.3, -0.25) is 0 Å². The molecular weight excluding hydrogens is 641 g/mol. The molecule has 0 aliphatic rings. The second kappa shape index (κ2) is 17.1. The first kappa shape index (κ1) is 36.4. The highest BCUT2D eigenvalue weighted by molar-refractivity contribution is 7.19. The molecule has 0 N–H and O–H groups in total. The van der Waals surface area contributed by atoms with Crippen LogP contribution in [-0.4, -0.2) is 31.8 Å². The molecule has 2 aromatic carbocycles. The molecule has 5 aromatic rings. The minimum absolute atomic E-state index is 0.591. The molecule has 0 aliphatic heterocycles. The molecule has 0 aliphatic carbocycles. The molecule has 51 heavy (non-hydrogen) atoms. The fourth-order valence-corrected chi connectivity index (χ4v) is 6.58. The Kier molecular flexibility index (Phi) is 12.2. The lowest BCUT2D eigenvalue weighted by Crippen LogP contribution is -2.04. The minimum Gasteiger partial charge on any atom is -0.323 e. The summed E-state index contributed by atoms with van der Waals surface area (Å²) in [5.74, 6) is 1.80. The van der Waals surface area contributed by atoms with Crippen LogP contribution < -0.4 is 0 Å². The number of fused-ring (bicyclic) bond motifs is 2. The van der Waals surface area contributed by atoms with Gasteiger partial charge < -0.3 is 4.57 Å². The Hall–Kier alpha value is -5.92. The predicted octanol–water partition coefficient (Wildman–Crippen LogP) is 11.9. The number of para-hydroxylation sites is 1. The van der Waals surface area contributed by atoms with Gasteiger partial charge >= 0.3 is 0 Å². The monoisotopic (exact) mass is 682 g/mol. The molecule has 0 amide bonds. The van der Waals surface area contributed by atoms with Gasteiger partial charge in [0.2, 0.25) is 0 Å². The molecule has 0 fully saturated rings. The molecule has 0 saturated carbocycles. The Morgan fingerprint density at radius 3 is 2.10 bits per heavy atom. The van der Waals surface area contributed by atoms with E-state index in [4.69, 9.17) is 19.9 Å². The number of allylic oxidation sites excluding steroid dienone is 15. The van der Waals surface area contributed by atoms with Crippen LogP contribution in [0.5, 0.6) is 0 Å². The summed E-state index contributed by atoms with van der Waals surface area (Å²) < 4.78 is 3.29. The standard InChI is InChI=1S/C44H41BN5S/c1-9-14-16-21-30(6)41-47-42(31(7)22-17-15-10-2)49-43(48-41)33-25-27-36-39(29-33)51-44(46-36)32(12-4)26-28-40(45-8)50-37(20-11-3)34(13-5)35-23-18-19-24-38(35)50/h9-29H,1-2,4-5H2,3,6-8H3/b16-14-,17-15-,20-11-,30-21+,31-22+,32-26+,40-28+. The van der Waals surface area contributed by atoms with Crippen LogP contribution in [0.4, 0.5) is 0 Å². The van der Waals surface area contributed by atoms with Crippen molar-refractivity contribution in [1.82, 2.24) is 24.5 Å². The zero-order valence-corrected chi connectivity index (χ0v) is 30.5. The van der Waals surface area contributed by atoms with Crippen LogP contribution in [0, 0.1) is 0 Å². The molecular formula is C44H41BN5S. The van der Waals surface area contributed by atoms with Crippen LogP contribution in [0.25, 0.3) is 67.0 Å². The fraction of sp³-hybridized carbons (Fsp3) is 0.0909. The predicted molar refractivity (Wildman–Crippen MR) is 225 cm³/mol. The molecule has 0 bridgehead atoms. The summed E-state index contributed by atoms with van der Waals surface area (Å²) in [4.78, 5) is 19.6. The SMILES string of the molecule is C=C/C=C\C=C(/C)c1nc(/C(C)=C/C=C\C=C)nc(-c2ccc3nc(/C(C=C)=C/C=C(\[B]C)n4c(/C=C\C)c(C=C)c5ccccc54)sc3c2)n1. The van der Waals surface area contributed by atoms with Crippen LogP contribution >= 0.6 is 11.3 Å². The van der Waals surface area contributed by atoms with Gasteiger partial charge in [-0.15, -0.1) is 11.3 Å². The molecule has 5 rings (SSSR count). The van der Waals surface area contributed by atoms with Crippen molar-refractivity contribution in [2.75, 3.05) is 0 Å². The van der Waals surface area contributed by atoms with Gasteiger partial charge in [-0.25, -0.2) is 19.9 Å². The van der Waals surface area contributed by atoms with Crippen molar-refractivity contribution >= 4 is 74.2 Å². The maximum atomic E-state index is 4.99. The van der Waals surface area contributed by atoms with Crippen molar-refractivity contribution in [3.8, 4) is 11.4 Å². The first-order valence-corrected chi connectivity index (χ1v) is 17.5. The fourth-order valence-electron chi connectivity index (χ4n) is 5.55. The van der Waals surface area contributed by atoms with Gasteiger partial charge in [0, 0.05) is 22.1 Å². The summed E-state index contributed by atoms with van der Waals surface area (Å²) >= 11 is 1.61. The van der Waals surface area contributed by atoms with Gasteiger partial charge in [0.25, 0.3) is 0 Å². The van der Waals surface area contributed by atoms with Crippen molar-refractivity contribution < 1.29 is 0 Å². The lowest BCUT2D eigenvalue weighted by molar-refractivity contribution is 0.995. The Bertz CT molecular complexity index is 2300. The molecule has 251 valence electrons. The normalized spacial score (nSPS) is 13.3. The Morgan fingerprint density at radius 2 is 1.49 bits per heavy atom. The van der Waals surface area contributed by atoms with Crippen LogP contribution in [0.3, 0.4) is 0 Å². The van der Waals surface area contributed by atoms with Crippen molar-refractivity contribution in [1.29, 1.82) is 0 Å². The number of hydrogen-bond acceptors (Lipinski definition) is 5. The molecule has 7 heteroatoms. The highest BCUT2D eigenvalue weighted by Gasteiger charge is 2.16. The molecule has 0 spiro atoms. The zero-order valence-electron chi connectivity index (χ0n) is 29.7. The zero-order chi connectivity index (χ0) is 36.3. The third-order valence-corrected chi connectivity index (χ3v) is 9.18. The second-order valence-electron chi connectivity index (χ2n) is 11.5. The third kappa shape index (κ3) is 8.12. The van der Waals surface area contributed by atoms with E-state index >= 15 is 0 Å². The van der Waals surface area contributed by atoms with E-state index in [1.165, 1.54) is 0 Å². The lowest BCUT2D eigenvalue weighted by Gasteiger charge is -2.12. The van der Waals surface area contributed by atoms with Gasteiger partial charge in [-0.1, -0.05) is 130 Å². The van der Waals surface area contributed by atoms with Gasteiger partial charge in [-0.05, 0) is 67.9 Å². The van der Waals surface area contributed by atoms with Crippen LogP contribution in [0.2, 0.25) is 6.82 Å². The summed E-state index contributed by atoms with van der Waals surface area (Å²) in [6.07, 6.45) is 27.2. The van der Waals surface area contributed by atoms with E-state index in [-0.39, 0.29) is 0 Å². The molecule has 5 nitrogen and oxygen atoms in total. The number of thiazole rings is 1. The number of hydrogen-bond donors (Lipinski definition) is 0. The second-order valence-corrected chi connectivity index (χ2v) is 12.5. The Balaban J connectivity index is 1.57. The smallest absolute Gasteiger partial charge is 0.172 e. The summed E-state index contributed by atoms with van der Waals surface area (Å²) in [6, 6.07) is 14.5. The first-order chi connectivity index (χ1) is 24.9. The maximum absolute atomic E-state index is 4.99. The van der Waals surface area contributed by atoms with E-state index in [2.05, 4.69) is 99.6 Å². The number of benzene rings is 2. The number of rotatable bonds is 14. The van der Waals surface area contributed by atoms with E-state index in [1.54, 1.807) is 23.5 Å². The van der Waals surface area contributed by atoms with Gasteiger partial charge in [-0.2, -0.15) is 0 Å².